The SMILES string of the molecule is N#CCc1ccc(C(F)(F)F)c(-c2cccc(C(F)(F)F)c2)c1. The van der Waals surface area contributed by atoms with Crippen molar-refractivity contribution < 1.29 is 26.3 Å². The second-order valence-electron chi connectivity index (χ2n) is 4.79. The fourth-order valence-corrected chi connectivity index (χ4v) is 2.14. The Morgan fingerprint density at radius 3 is 2.13 bits per heavy atom. The first-order valence-electron chi connectivity index (χ1n) is 6.37. The van der Waals surface area contributed by atoms with Crippen molar-refractivity contribution >= 4 is 0 Å². The molecule has 2 aromatic rings. The van der Waals surface area contributed by atoms with Crippen LogP contribution in [0.5, 0.6) is 0 Å². The number of halogens is 6. The van der Waals surface area contributed by atoms with Crippen LogP contribution in [0.15, 0.2) is 42.5 Å². The Morgan fingerprint density at radius 1 is 0.870 bits per heavy atom. The number of hydrogen-bond acceptors (Lipinski definition) is 1. The average Bonchev–Trinajstić information content (AvgIpc) is 2.46. The minimum Gasteiger partial charge on any atom is -0.198 e. The second kappa shape index (κ2) is 5.95. The van der Waals surface area contributed by atoms with Crippen LogP contribution in [0, 0.1) is 11.3 Å². The lowest BCUT2D eigenvalue weighted by Crippen LogP contribution is -2.09. The van der Waals surface area contributed by atoms with E-state index < -0.39 is 23.5 Å². The zero-order valence-corrected chi connectivity index (χ0v) is 11.5. The summed E-state index contributed by atoms with van der Waals surface area (Å²) in [5, 5.41) is 8.64. The molecule has 0 bridgehead atoms. The van der Waals surface area contributed by atoms with Crippen LogP contribution in [0.2, 0.25) is 0 Å². The Morgan fingerprint density at radius 2 is 1.57 bits per heavy atom. The maximum Gasteiger partial charge on any atom is 0.417 e. The van der Waals surface area contributed by atoms with Gasteiger partial charge in [0, 0.05) is 0 Å². The first kappa shape index (κ1) is 16.9. The molecule has 0 saturated carbocycles. The van der Waals surface area contributed by atoms with E-state index in [4.69, 9.17) is 5.26 Å². The summed E-state index contributed by atoms with van der Waals surface area (Å²) < 4.78 is 77.6. The molecule has 7 heteroatoms. The van der Waals surface area contributed by atoms with E-state index in [2.05, 4.69) is 0 Å². The maximum atomic E-state index is 13.1. The van der Waals surface area contributed by atoms with Gasteiger partial charge in [-0.25, -0.2) is 0 Å². The van der Waals surface area contributed by atoms with Crippen LogP contribution in [0.4, 0.5) is 26.3 Å². The van der Waals surface area contributed by atoms with Gasteiger partial charge in [0.1, 0.15) is 0 Å². The fourth-order valence-electron chi connectivity index (χ4n) is 2.14. The zero-order chi connectivity index (χ0) is 17.3. The summed E-state index contributed by atoms with van der Waals surface area (Å²) in [7, 11) is 0. The third kappa shape index (κ3) is 3.83. The standard InChI is InChI=1S/C16H9F6N/c17-15(18,19)12-3-1-2-11(9-12)13-8-10(6-7-23)4-5-14(13)16(20,21)22/h1-5,8-9H,6H2. The van der Waals surface area contributed by atoms with Gasteiger partial charge in [-0.1, -0.05) is 18.2 Å². The number of alkyl halides is 6. The third-order valence-corrected chi connectivity index (χ3v) is 3.17. The summed E-state index contributed by atoms with van der Waals surface area (Å²) in [6, 6.07) is 8.50. The Labute approximate surface area is 127 Å². The predicted molar refractivity (Wildman–Crippen MR) is 71.2 cm³/mol. The van der Waals surface area contributed by atoms with Crippen molar-refractivity contribution in [1.29, 1.82) is 5.26 Å². The molecule has 0 heterocycles. The van der Waals surface area contributed by atoms with Crippen LogP contribution in [-0.4, -0.2) is 0 Å². The van der Waals surface area contributed by atoms with E-state index >= 15 is 0 Å². The van der Waals surface area contributed by atoms with Gasteiger partial charge in [-0.05, 0) is 41.0 Å². The normalized spacial score (nSPS) is 12.0. The molecule has 0 radical (unpaired) electrons. The highest BCUT2D eigenvalue weighted by Crippen LogP contribution is 2.39. The highest BCUT2D eigenvalue weighted by molar-refractivity contribution is 5.70. The van der Waals surface area contributed by atoms with E-state index in [9.17, 15) is 26.3 Å². The summed E-state index contributed by atoms with van der Waals surface area (Å²) in [4.78, 5) is 0. The molecule has 0 aliphatic rings. The van der Waals surface area contributed by atoms with Crippen LogP contribution in [0.1, 0.15) is 16.7 Å². The molecule has 0 fully saturated rings. The van der Waals surface area contributed by atoms with Gasteiger partial charge in [-0.2, -0.15) is 31.6 Å². The van der Waals surface area contributed by atoms with Gasteiger partial charge in [-0.3, -0.25) is 0 Å². The van der Waals surface area contributed by atoms with Gasteiger partial charge >= 0.3 is 12.4 Å². The number of benzene rings is 2. The summed E-state index contributed by atoms with van der Waals surface area (Å²) >= 11 is 0. The molecule has 0 saturated heterocycles. The lowest BCUT2D eigenvalue weighted by atomic mass is 9.95. The lowest BCUT2D eigenvalue weighted by molar-refractivity contribution is -0.137. The van der Waals surface area contributed by atoms with E-state index in [1.807, 2.05) is 0 Å². The molecule has 0 atom stereocenters. The molecular formula is C16H9F6N. The number of nitrogens with zero attached hydrogens (tertiary/aromatic N) is 1. The van der Waals surface area contributed by atoms with E-state index in [0.717, 1.165) is 30.3 Å². The fraction of sp³-hybridized carbons (Fsp3) is 0.188. The van der Waals surface area contributed by atoms with Crippen molar-refractivity contribution in [2.24, 2.45) is 0 Å². The summed E-state index contributed by atoms with van der Waals surface area (Å²) in [5.74, 6) is 0. The quantitative estimate of drug-likeness (QED) is 0.671. The van der Waals surface area contributed by atoms with Gasteiger partial charge < -0.3 is 0 Å². The molecule has 0 N–H and O–H groups in total. The second-order valence-corrected chi connectivity index (χ2v) is 4.79. The topological polar surface area (TPSA) is 23.8 Å². The van der Waals surface area contributed by atoms with E-state index in [0.29, 0.717) is 11.6 Å². The molecule has 23 heavy (non-hydrogen) atoms. The zero-order valence-electron chi connectivity index (χ0n) is 11.5. The van der Waals surface area contributed by atoms with Gasteiger partial charge in [-0.15, -0.1) is 0 Å². The van der Waals surface area contributed by atoms with Crippen LogP contribution in [0.25, 0.3) is 11.1 Å². The minimum atomic E-state index is -4.71. The van der Waals surface area contributed by atoms with E-state index in [1.54, 1.807) is 6.07 Å². The van der Waals surface area contributed by atoms with Crippen molar-refractivity contribution in [1.82, 2.24) is 0 Å². The Kier molecular flexibility index (Phi) is 4.37. The molecule has 0 unspecified atom stereocenters. The number of hydrogen-bond donors (Lipinski definition) is 0. The minimum absolute atomic E-state index is 0.135. The van der Waals surface area contributed by atoms with Crippen LogP contribution in [0.3, 0.4) is 0 Å². The predicted octanol–water partition coefficient (Wildman–Crippen LogP) is 5.46. The smallest absolute Gasteiger partial charge is 0.198 e. The van der Waals surface area contributed by atoms with Crippen molar-refractivity contribution in [3.63, 3.8) is 0 Å². The molecule has 2 aromatic carbocycles. The van der Waals surface area contributed by atoms with Crippen LogP contribution in [-0.2, 0) is 18.8 Å². The molecule has 1 nitrogen and oxygen atoms in total. The van der Waals surface area contributed by atoms with Crippen molar-refractivity contribution in [3.05, 3.63) is 59.2 Å². The Balaban J connectivity index is 2.65. The molecule has 0 aliphatic carbocycles. The van der Waals surface area contributed by atoms with E-state index in [-0.39, 0.29) is 17.5 Å². The monoisotopic (exact) mass is 329 g/mol. The summed E-state index contributed by atoms with van der Waals surface area (Å²) in [5.41, 5.74) is -2.36. The molecule has 2 rings (SSSR count). The number of rotatable bonds is 2. The molecule has 0 aliphatic heterocycles. The van der Waals surface area contributed by atoms with Gasteiger partial charge in [0.2, 0.25) is 0 Å². The third-order valence-electron chi connectivity index (χ3n) is 3.17. The van der Waals surface area contributed by atoms with Gasteiger partial charge in [0.05, 0.1) is 23.6 Å². The molecule has 0 spiro atoms. The molecule has 0 amide bonds. The highest BCUT2D eigenvalue weighted by atomic mass is 19.4. The lowest BCUT2D eigenvalue weighted by Gasteiger charge is -2.15. The molecule has 0 aromatic heterocycles. The molecular weight excluding hydrogens is 320 g/mol. The maximum absolute atomic E-state index is 13.1. The molecule has 120 valence electrons. The first-order valence-corrected chi connectivity index (χ1v) is 6.37. The van der Waals surface area contributed by atoms with Gasteiger partial charge in [0.15, 0.2) is 0 Å². The largest absolute Gasteiger partial charge is 0.417 e. The van der Waals surface area contributed by atoms with E-state index in [1.165, 1.54) is 6.07 Å². The van der Waals surface area contributed by atoms with Crippen molar-refractivity contribution in [2.45, 2.75) is 18.8 Å². The first-order chi connectivity index (χ1) is 10.6. The van der Waals surface area contributed by atoms with Crippen LogP contribution < -0.4 is 0 Å². The Hall–Kier alpha value is -2.49. The van der Waals surface area contributed by atoms with Gasteiger partial charge in [0.25, 0.3) is 0 Å². The number of nitriles is 1. The summed E-state index contributed by atoms with van der Waals surface area (Å²) in [6.07, 6.45) is -9.50. The van der Waals surface area contributed by atoms with Crippen molar-refractivity contribution in [3.8, 4) is 17.2 Å². The highest BCUT2D eigenvalue weighted by Gasteiger charge is 2.35. The Bertz CT molecular complexity index is 752. The van der Waals surface area contributed by atoms with Crippen molar-refractivity contribution in [2.75, 3.05) is 0 Å². The van der Waals surface area contributed by atoms with Crippen LogP contribution >= 0.6 is 0 Å². The summed E-state index contributed by atoms with van der Waals surface area (Å²) in [6.45, 7) is 0. The average molecular weight is 329 g/mol.